The van der Waals surface area contributed by atoms with Gasteiger partial charge in [0.15, 0.2) is 0 Å². The number of anilines is 1. The van der Waals surface area contributed by atoms with Crippen LogP contribution in [0.2, 0.25) is 0 Å². The van der Waals surface area contributed by atoms with Gasteiger partial charge in [-0.05, 0) is 43.2 Å². The lowest BCUT2D eigenvalue weighted by atomic mass is 10.2. The summed E-state index contributed by atoms with van der Waals surface area (Å²) in [5.74, 6) is -0.766. The molecule has 3 aromatic rings. The van der Waals surface area contributed by atoms with Gasteiger partial charge < -0.3 is 14.7 Å². The number of amides is 2. The molecule has 0 N–H and O–H groups in total. The van der Waals surface area contributed by atoms with Gasteiger partial charge in [-0.15, -0.1) is 11.3 Å². The highest BCUT2D eigenvalue weighted by Gasteiger charge is 2.28. The molecule has 0 unspecified atom stereocenters. The van der Waals surface area contributed by atoms with E-state index in [2.05, 4.69) is 9.88 Å². The van der Waals surface area contributed by atoms with Crippen molar-refractivity contribution in [2.75, 3.05) is 44.2 Å². The molecule has 2 fully saturated rings. The van der Waals surface area contributed by atoms with Crippen molar-refractivity contribution in [2.24, 2.45) is 0 Å². The monoisotopic (exact) mass is 501 g/mol. The van der Waals surface area contributed by atoms with E-state index in [9.17, 15) is 23.2 Å². The first-order valence-corrected chi connectivity index (χ1v) is 12.3. The maximum absolute atomic E-state index is 13.4. The Morgan fingerprint density at radius 3 is 2.46 bits per heavy atom. The Hall–Kier alpha value is -3.34. The third-order valence-corrected chi connectivity index (χ3v) is 7.85. The molecule has 0 spiro atoms. The quantitative estimate of drug-likeness (QED) is 0.549. The van der Waals surface area contributed by atoms with Crippen molar-refractivity contribution in [3.63, 3.8) is 0 Å². The van der Waals surface area contributed by atoms with Gasteiger partial charge in [0.1, 0.15) is 23.4 Å². The minimum Gasteiger partial charge on any atom is -0.368 e. The third kappa shape index (κ3) is 4.52. The minimum absolute atomic E-state index is 0.0494. The fraction of sp³-hybridized carbons (Fsp3) is 0.417. The molecule has 2 aliphatic rings. The number of hydrogen-bond acceptors (Lipinski definition) is 6. The maximum Gasteiger partial charge on any atom is 0.264 e. The second-order valence-corrected chi connectivity index (χ2v) is 9.89. The van der Waals surface area contributed by atoms with Crippen LogP contribution in [0, 0.1) is 12.7 Å². The summed E-state index contributed by atoms with van der Waals surface area (Å²) in [6.07, 6.45) is 0.601. The van der Waals surface area contributed by atoms with Crippen LogP contribution in [0.25, 0.3) is 10.2 Å². The Morgan fingerprint density at radius 1 is 1.09 bits per heavy atom. The van der Waals surface area contributed by atoms with Crippen LogP contribution in [0.4, 0.5) is 14.5 Å². The maximum atomic E-state index is 13.4. The molecule has 8 nitrogen and oxygen atoms in total. The van der Waals surface area contributed by atoms with Crippen molar-refractivity contribution in [3.8, 4) is 0 Å². The zero-order valence-electron chi connectivity index (χ0n) is 19.2. The van der Waals surface area contributed by atoms with Crippen LogP contribution in [0.1, 0.15) is 21.7 Å². The highest BCUT2D eigenvalue weighted by molar-refractivity contribution is 7.20. The second kappa shape index (κ2) is 9.37. The minimum atomic E-state index is -1.03. The first-order chi connectivity index (χ1) is 16.8. The van der Waals surface area contributed by atoms with Crippen LogP contribution in [0.3, 0.4) is 0 Å². The van der Waals surface area contributed by atoms with Gasteiger partial charge in [0.05, 0.1) is 23.1 Å². The van der Waals surface area contributed by atoms with Crippen molar-refractivity contribution < 1.29 is 18.4 Å². The molecule has 2 saturated heterocycles. The Labute approximate surface area is 204 Å². The largest absolute Gasteiger partial charge is 0.368 e. The number of carbonyl (C=O) groups excluding carboxylic acids is 2. The van der Waals surface area contributed by atoms with Crippen molar-refractivity contribution in [1.82, 2.24) is 19.4 Å². The lowest BCUT2D eigenvalue weighted by Gasteiger charge is -2.36. The summed E-state index contributed by atoms with van der Waals surface area (Å²) in [7, 11) is 0. The fourth-order valence-corrected chi connectivity index (χ4v) is 5.74. The third-order valence-electron chi connectivity index (χ3n) is 6.66. The van der Waals surface area contributed by atoms with Crippen LogP contribution in [-0.2, 0) is 11.3 Å². The standard InChI is InChI=1S/C24H25F2N5O3S/c1-15-20-22(27-14-31(23(20)33)13-19(32)30-7-6-17(26)12-30)35-21(15)24(34)29-10-8-28(9-11-29)18-4-2-16(25)3-5-18/h2-5,14,17H,6-13H2,1H3/t17-/m0/s1. The zero-order valence-corrected chi connectivity index (χ0v) is 20.1. The number of nitrogens with zero attached hydrogens (tertiary/aromatic N) is 5. The molecule has 0 saturated carbocycles. The first kappa shape index (κ1) is 23.4. The fourth-order valence-electron chi connectivity index (χ4n) is 4.63. The van der Waals surface area contributed by atoms with Crippen LogP contribution in [0.5, 0.6) is 0 Å². The molecule has 184 valence electrons. The summed E-state index contributed by atoms with van der Waals surface area (Å²) >= 11 is 1.18. The van der Waals surface area contributed by atoms with Gasteiger partial charge in [0.25, 0.3) is 11.5 Å². The average molecular weight is 502 g/mol. The molecule has 0 aliphatic carbocycles. The number of rotatable bonds is 4. The van der Waals surface area contributed by atoms with Crippen molar-refractivity contribution in [1.29, 1.82) is 0 Å². The normalized spacial score (nSPS) is 18.5. The van der Waals surface area contributed by atoms with Gasteiger partial charge in [0.2, 0.25) is 5.91 Å². The van der Waals surface area contributed by atoms with Crippen LogP contribution in [0.15, 0.2) is 35.4 Å². The van der Waals surface area contributed by atoms with Gasteiger partial charge in [-0.25, -0.2) is 13.8 Å². The average Bonchev–Trinajstić information content (AvgIpc) is 3.44. The van der Waals surface area contributed by atoms with E-state index in [0.29, 0.717) is 59.8 Å². The number of aromatic nitrogens is 2. The van der Waals surface area contributed by atoms with E-state index in [0.717, 1.165) is 5.69 Å². The molecule has 2 aromatic heterocycles. The van der Waals surface area contributed by atoms with Crippen molar-refractivity contribution >= 4 is 39.1 Å². The topological polar surface area (TPSA) is 78.8 Å². The SMILES string of the molecule is Cc1c(C(=O)N2CCN(c3ccc(F)cc3)CC2)sc2ncn(CC(=O)N3CC[C@H](F)C3)c(=O)c12. The van der Waals surface area contributed by atoms with E-state index in [1.54, 1.807) is 24.0 Å². The molecule has 0 radical (unpaired) electrons. The molecular formula is C24H25F2N5O3S. The first-order valence-electron chi connectivity index (χ1n) is 11.5. The molecule has 2 aliphatic heterocycles. The van der Waals surface area contributed by atoms with E-state index in [1.165, 1.54) is 39.3 Å². The highest BCUT2D eigenvalue weighted by atomic mass is 32.1. The molecule has 4 heterocycles. The number of carbonyl (C=O) groups is 2. The number of aryl methyl sites for hydroxylation is 1. The Balaban J connectivity index is 1.31. The van der Waals surface area contributed by atoms with Gasteiger partial charge in [-0.3, -0.25) is 19.0 Å². The van der Waals surface area contributed by atoms with E-state index in [1.807, 2.05) is 0 Å². The van der Waals surface area contributed by atoms with E-state index in [4.69, 9.17) is 0 Å². The van der Waals surface area contributed by atoms with E-state index < -0.39 is 6.17 Å². The molecule has 35 heavy (non-hydrogen) atoms. The Morgan fingerprint density at radius 2 is 1.80 bits per heavy atom. The summed E-state index contributed by atoms with van der Waals surface area (Å²) in [5.41, 5.74) is 1.08. The molecule has 11 heteroatoms. The Kier molecular flexibility index (Phi) is 6.26. The predicted molar refractivity (Wildman–Crippen MR) is 129 cm³/mol. The summed E-state index contributed by atoms with van der Waals surface area (Å²) in [5, 5.41) is 0.336. The van der Waals surface area contributed by atoms with Crippen LogP contribution < -0.4 is 10.5 Å². The van der Waals surface area contributed by atoms with E-state index >= 15 is 0 Å². The molecule has 5 rings (SSSR count). The van der Waals surface area contributed by atoms with Gasteiger partial charge in [-0.2, -0.15) is 0 Å². The van der Waals surface area contributed by atoms with Crippen molar-refractivity contribution in [2.45, 2.75) is 26.1 Å². The van der Waals surface area contributed by atoms with Crippen LogP contribution in [-0.4, -0.2) is 76.6 Å². The number of hydrogen-bond donors (Lipinski definition) is 0. The molecular weight excluding hydrogens is 476 g/mol. The molecule has 2 amide bonds. The number of alkyl halides is 1. The smallest absolute Gasteiger partial charge is 0.264 e. The summed E-state index contributed by atoms with van der Waals surface area (Å²) in [4.78, 5) is 49.4. The van der Waals surface area contributed by atoms with E-state index in [-0.39, 0.29) is 36.3 Å². The molecule has 1 atom stereocenters. The number of fused-ring (bicyclic) bond motifs is 1. The highest BCUT2D eigenvalue weighted by Crippen LogP contribution is 2.29. The van der Waals surface area contributed by atoms with Crippen LogP contribution >= 0.6 is 11.3 Å². The van der Waals surface area contributed by atoms with Gasteiger partial charge in [-0.1, -0.05) is 0 Å². The number of piperazine rings is 1. The predicted octanol–water partition coefficient (Wildman–Crippen LogP) is 2.44. The van der Waals surface area contributed by atoms with Crippen molar-refractivity contribution in [3.05, 3.63) is 57.2 Å². The lowest BCUT2D eigenvalue weighted by molar-refractivity contribution is -0.131. The number of benzene rings is 1. The number of likely N-dealkylation sites (tertiary alicyclic amines) is 1. The number of thiophene rings is 1. The molecule has 0 bridgehead atoms. The summed E-state index contributed by atoms with van der Waals surface area (Å²) in [6.45, 7) is 4.14. The van der Waals surface area contributed by atoms with Gasteiger partial charge >= 0.3 is 0 Å². The van der Waals surface area contributed by atoms with Gasteiger partial charge in [0, 0.05) is 38.4 Å². The summed E-state index contributed by atoms with van der Waals surface area (Å²) in [6, 6.07) is 6.29. The lowest BCUT2D eigenvalue weighted by Crippen LogP contribution is -2.48. The Bertz CT molecular complexity index is 1330. The zero-order chi connectivity index (χ0) is 24.7. The number of halogens is 2. The molecule has 1 aromatic carbocycles. The summed E-state index contributed by atoms with van der Waals surface area (Å²) < 4.78 is 27.9. The second-order valence-electron chi connectivity index (χ2n) is 8.90.